The number of aliphatic imine (C=N–C) groups is 1. The molecule has 4 amide bonds. The van der Waals surface area contributed by atoms with Crippen molar-refractivity contribution in [2.75, 3.05) is 25.9 Å². The van der Waals surface area contributed by atoms with E-state index in [4.69, 9.17) is 17.2 Å². The van der Waals surface area contributed by atoms with E-state index in [9.17, 15) is 39.0 Å². The lowest BCUT2D eigenvalue weighted by molar-refractivity contribution is -0.144. The van der Waals surface area contributed by atoms with Crippen LogP contribution in [0.4, 0.5) is 0 Å². The zero-order valence-corrected chi connectivity index (χ0v) is 23.5. The Morgan fingerprint density at radius 3 is 2.33 bits per heavy atom. The summed E-state index contributed by atoms with van der Waals surface area (Å²) in [7, 11) is 3.53. The summed E-state index contributed by atoms with van der Waals surface area (Å²) >= 11 is 0. The van der Waals surface area contributed by atoms with Crippen LogP contribution < -0.4 is 33.2 Å². The van der Waals surface area contributed by atoms with Gasteiger partial charge in [0.2, 0.25) is 23.6 Å². The number of hydrogen-bond acceptors (Lipinski definition) is 10. The molecule has 220 valence electrons. The fourth-order valence-corrected chi connectivity index (χ4v) is 6.24. The number of hydrogen-bond donors (Lipinski definition) is 8. The Bertz CT molecular complexity index is 976. The second-order valence-electron chi connectivity index (χ2n) is 9.21. The minimum atomic E-state index is -1.62. The van der Waals surface area contributed by atoms with Gasteiger partial charge in [-0.15, -0.1) is 0 Å². The zero-order valence-electron chi connectivity index (χ0n) is 21.8. The van der Waals surface area contributed by atoms with Gasteiger partial charge in [0.05, 0.1) is 23.8 Å². The maximum absolute atomic E-state index is 13.0. The van der Waals surface area contributed by atoms with Gasteiger partial charge >= 0.3 is 11.9 Å². The average Bonchev–Trinajstić information content (AvgIpc) is 2.82. The Morgan fingerprint density at radius 1 is 1.13 bits per heavy atom. The quantitative estimate of drug-likeness (QED) is 0.0635. The standard InChI is InChI=1S/C21H36N8O8S2/c1-21(2)15(19(36)37)28-16(33)11(7-14(31)32)27-13(30)8-26-17(34)12(5-4-6-25-20(23)24)29(3)18(35)10(22)9-38-39-21/h10-12,15H,4-9,22H2,1-3H3,(H,26,34)(H,27,30)(H,28,33)(H,31,32)(H,36,37)(H4,23,24,25)/t10-,11-,12-,15-/m0/s1. The average molecular weight is 593 g/mol. The lowest BCUT2D eigenvalue weighted by atomic mass is 10.0. The highest BCUT2D eigenvalue weighted by Crippen LogP contribution is 2.38. The van der Waals surface area contributed by atoms with Gasteiger partial charge in [0.15, 0.2) is 5.96 Å². The van der Waals surface area contributed by atoms with Crippen LogP contribution >= 0.6 is 21.6 Å². The molecule has 16 nitrogen and oxygen atoms in total. The molecule has 1 aliphatic heterocycles. The van der Waals surface area contributed by atoms with E-state index in [1.807, 2.05) is 0 Å². The molecule has 0 bridgehead atoms. The second-order valence-corrected chi connectivity index (χ2v) is 12.2. The summed E-state index contributed by atoms with van der Waals surface area (Å²) in [6.45, 7) is 2.61. The summed E-state index contributed by atoms with van der Waals surface area (Å²) in [5.74, 6) is -6.11. The van der Waals surface area contributed by atoms with E-state index in [0.29, 0.717) is 6.42 Å². The van der Waals surface area contributed by atoms with E-state index in [1.165, 1.54) is 20.9 Å². The summed E-state index contributed by atoms with van der Waals surface area (Å²) in [6.07, 6.45) is -0.399. The van der Waals surface area contributed by atoms with Gasteiger partial charge in [-0.05, 0) is 26.7 Å². The van der Waals surface area contributed by atoms with Gasteiger partial charge in [0.1, 0.15) is 18.1 Å². The summed E-state index contributed by atoms with van der Waals surface area (Å²) in [4.78, 5) is 79.6. The number of carbonyl (C=O) groups is 6. The number of amides is 4. The number of carboxylic acids is 2. The number of guanidine groups is 1. The number of nitrogens with zero attached hydrogens (tertiary/aromatic N) is 2. The van der Waals surface area contributed by atoms with Crippen molar-refractivity contribution in [3.8, 4) is 0 Å². The molecule has 1 rings (SSSR count). The molecule has 11 N–H and O–H groups in total. The molecule has 1 fully saturated rings. The van der Waals surface area contributed by atoms with Crippen LogP contribution in [0.1, 0.15) is 33.1 Å². The molecule has 0 aromatic heterocycles. The van der Waals surface area contributed by atoms with Gasteiger partial charge in [0.25, 0.3) is 0 Å². The fourth-order valence-electron chi connectivity index (χ4n) is 3.48. The smallest absolute Gasteiger partial charge is 0.327 e. The molecule has 18 heteroatoms. The number of carbonyl (C=O) groups excluding carboxylic acids is 4. The van der Waals surface area contributed by atoms with Crippen LogP contribution in [0.15, 0.2) is 4.99 Å². The lowest BCUT2D eigenvalue weighted by Crippen LogP contribution is -2.58. The first-order chi connectivity index (χ1) is 18.1. The van der Waals surface area contributed by atoms with E-state index in [-0.39, 0.29) is 24.7 Å². The predicted molar refractivity (Wildman–Crippen MR) is 145 cm³/mol. The molecule has 1 saturated heterocycles. The van der Waals surface area contributed by atoms with Gasteiger partial charge in [-0.25, -0.2) is 4.79 Å². The molecule has 0 aromatic rings. The Hall–Kier alpha value is -3.25. The fraction of sp³-hybridized carbons (Fsp3) is 0.667. The van der Waals surface area contributed by atoms with Crippen LogP contribution in [0.3, 0.4) is 0 Å². The lowest BCUT2D eigenvalue weighted by Gasteiger charge is -2.32. The molecule has 4 atom stereocenters. The highest BCUT2D eigenvalue weighted by molar-refractivity contribution is 8.77. The van der Waals surface area contributed by atoms with Crippen molar-refractivity contribution < 1.29 is 39.0 Å². The number of carboxylic acid groups (broad SMARTS) is 2. The van der Waals surface area contributed by atoms with Crippen LogP contribution in [-0.4, -0.2) is 111 Å². The van der Waals surface area contributed by atoms with Gasteiger partial charge in [-0.2, -0.15) is 0 Å². The van der Waals surface area contributed by atoms with Gasteiger partial charge < -0.3 is 48.3 Å². The third-order valence-corrected chi connectivity index (χ3v) is 8.90. The van der Waals surface area contributed by atoms with Crippen molar-refractivity contribution in [3.05, 3.63) is 0 Å². The molecule has 1 heterocycles. The van der Waals surface area contributed by atoms with Crippen LogP contribution in [0.2, 0.25) is 0 Å². The molecule has 0 spiro atoms. The Kier molecular flexibility index (Phi) is 13.3. The SMILES string of the molecule is CN1C(=O)[C@@H](N)CSSC(C)(C)[C@H](C(=O)O)NC(=O)[C@H](CC(=O)O)NC(=O)CNC(=O)[C@@H]1CCCN=C(N)N. The first-order valence-corrected chi connectivity index (χ1v) is 14.1. The number of nitrogens with two attached hydrogens (primary N) is 3. The topological polar surface area (TPSA) is 273 Å². The minimum absolute atomic E-state index is 0.0432. The number of aliphatic carboxylic acids is 2. The predicted octanol–water partition coefficient (Wildman–Crippen LogP) is -2.99. The summed E-state index contributed by atoms with van der Waals surface area (Å²) in [5, 5.41) is 25.8. The normalized spacial score (nSPS) is 25.5. The largest absolute Gasteiger partial charge is 0.481 e. The highest BCUT2D eigenvalue weighted by Gasteiger charge is 2.40. The molecule has 0 radical (unpaired) electrons. The Morgan fingerprint density at radius 2 is 1.77 bits per heavy atom. The van der Waals surface area contributed by atoms with Crippen LogP contribution in [0.25, 0.3) is 0 Å². The van der Waals surface area contributed by atoms with E-state index in [2.05, 4.69) is 20.9 Å². The molecule has 39 heavy (non-hydrogen) atoms. The zero-order chi connectivity index (χ0) is 29.9. The van der Waals surface area contributed by atoms with Crippen LogP contribution in [-0.2, 0) is 28.8 Å². The monoisotopic (exact) mass is 592 g/mol. The van der Waals surface area contributed by atoms with Crippen molar-refractivity contribution in [2.45, 2.75) is 62.0 Å². The summed E-state index contributed by atoms with van der Waals surface area (Å²) in [5.41, 5.74) is 16.7. The minimum Gasteiger partial charge on any atom is -0.481 e. The molecular weight excluding hydrogens is 556 g/mol. The Labute approximate surface area is 233 Å². The van der Waals surface area contributed by atoms with Crippen molar-refractivity contribution >= 4 is 63.1 Å². The van der Waals surface area contributed by atoms with Gasteiger partial charge in [-0.1, -0.05) is 21.6 Å². The number of rotatable bonds is 7. The van der Waals surface area contributed by atoms with Crippen molar-refractivity contribution in [3.63, 3.8) is 0 Å². The second kappa shape index (κ2) is 15.4. The third-order valence-electron chi connectivity index (χ3n) is 5.57. The molecular formula is C21H36N8O8S2. The highest BCUT2D eigenvalue weighted by atomic mass is 33.1. The van der Waals surface area contributed by atoms with Crippen LogP contribution in [0, 0.1) is 0 Å². The maximum Gasteiger partial charge on any atom is 0.327 e. The molecule has 0 aliphatic carbocycles. The molecule has 0 aromatic carbocycles. The van der Waals surface area contributed by atoms with E-state index in [1.54, 1.807) is 0 Å². The van der Waals surface area contributed by atoms with Gasteiger partial charge in [-0.3, -0.25) is 29.0 Å². The van der Waals surface area contributed by atoms with Crippen LogP contribution in [0.5, 0.6) is 0 Å². The van der Waals surface area contributed by atoms with Crippen molar-refractivity contribution in [1.82, 2.24) is 20.9 Å². The maximum atomic E-state index is 13.0. The van der Waals surface area contributed by atoms with Gasteiger partial charge in [0, 0.05) is 19.3 Å². The van der Waals surface area contributed by atoms with E-state index >= 15 is 0 Å². The molecule has 0 saturated carbocycles. The molecule has 1 aliphatic rings. The summed E-state index contributed by atoms with van der Waals surface area (Å²) < 4.78 is -1.15. The first-order valence-electron chi connectivity index (χ1n) is 11.8. The number of likely N-dealkylation sites (N-methyl/N-ethyl adjacent to an activating group) is 1. The first kappa shape index (κ1) is 33.8. The summed E-state index contributed by atoms with van der Waals surface area (Å²) in [6, 6.07) is -5.22. The van der Waals surface area contributed by atoms with E-state index in [0.717, 1.165) is 26.5 Å². The van der Waals surface area contributed by atoms with E-state index < -0.39 is 77.4 Å². The van der Waals surface area contributed by atoms with Crippen molar-refractivity contribution in [2.24, 2.45) is 22.2 Å². The van der Waals surface area contributed by atoms with Crippen molar-refractivity contribution in [1.29, 1.82) is 0 Å². The number of nitrogens with one attached hydrogen (secondary N) is 3. The third kappa shape index (κ3) is 11.2. The Balaban J connectivity index is 3.31. The molecule has 0 unspecified atom stereocenters.